The van der Waals surface area contributed by atoms with Crippen molar-refractivity contribution in [1.29, 1.82) is 0 Å². The molecule has 3 rings (SSSR count). The van der Waals surface area contributed by atoms with Crippen LogP contribution in [0.15, 0.2) is 24.3 Å². The van der Waals surface area contributed by atoms with Crippen molar-refractivity contribution in [2.24, 2.45) is 5.73 Å². The summed E-state index contributed by atoms with van der Waals surface area (Å²) in [6.45, 7) is 2.28. The van der Waals surface area contributed by atoms with E-state index in [2.05, 4.69) is 5.10 Å². The average molecular weight is 353 g/mol. The van der Waals surface area contributed by atoms with E-state index in [1.807, 2.05) is 6.92 Å². The summed E-state index contributed by atoms with van der Waals surface area (Å²) in [5.41, 5.74) is 8.33. The van der Waals surface area contributed by atoms with Crippen molar-refractivity contribution in [2.45, 2.75) is 32.2 Å². The van der Waals surface area contributed by atoms with Gasteiger partial charge in [-0.15, -0.1) is 12.4 Å². The van der Waals surface area contributed by atoms with Gasteiger partial charge in [0, 0.05) is 30.9 Å². The van der Waals surface area contributed by atoms with E-state index in [0.29, 0.717) is 17.9 Å². The SMILES string of the molecule is CC(CN)N(C)C(=O)c1nn(-c2ccccc2F)c2c1CCC2.Cl. The van der Waals surface area contributed by atoms with Crippen LogP contribution in [0.4, 0.5) is 4.39 Å². The van der Waals surface area contributed by atoms with Crippen LogP contribution in [0.1, 0.15) is 35.1 Å². The number of likely N-dealkylation sites (N-methyl/N-ethyl adjacent to an activating group) is 1. The Morgan fingerprint density at radius 1 is 1.42 bits per heavy atom. The maximum Gasteiger partial charge on any atom is 0.274 e. The predicted octanol–water partition coefficient (Wildman–Crippen LogP) is 2.34. The predicted molar refractivity (Wildman–Crippen MR) is 93.4 cm³/mol. The fourth-order valence-electron chi connectivity index (χ4n) is 2.96. The number of amides is 1. The van der Waals surface area contributed by atoms with E-state index in [0.717, 1.165) is 30.5 Å². The number of nitrogens with two attached hydrogens (primary N) is 1. The van der Waals surface area contributed by atoms with E-state index in [-0.39, 0.29) is 30.2 Å². The first-order chi connectivity index (χ1) is 11.0. The second kappa shape index (κ2) is 7.32. The number of para-hydroxylation sites is 1. The summed E-state index contributed by atoms with van der Waals surface area (Å²) in [5, 5.41) is 4.45. The summed E-state index contributed by atoms with van der Waals surface area (Å²) in [4.78, 5) is 14.3. The van der Waals surface area contributed by atoms with Crippen molar-refractivity contribution >= 4 is 18.3 Å². The quantitative estimate of drug-likeness (QED) is 0.918. The summed E-state index contributed by atoms with van der Waals surface area (Å²) < 4.78 is 15.7. The van der Waals surface area contributed by atoms with Crippen LogP contribution < -0.4 is 5.73 Å². The van der Waals surface area contributed by atoms with E-state index in [4.69, 9.17) is 5.73 Å². The first kappa shape index (κ1) is 18.4. The van der Waals surface area contributed by atoms with Gasteiger partial charge in [-0.2, -0.15) is 5.10 Å². The molecule has 1 aliphatic rings. The summed E-state index contributed by atoms with van der Waals surface area (Å²) in [5.74, 6) is -0.497. The van der Waals surface area contributed by atoms with Crippen molar-refractivity contribution < 1.29 is 9.18 Å². The number of rotatable bonds is 4. The molecule has 0 saturated heterocycles. The molecule has 1 aromatic carbocycles. The third kappa shape index (κ3) is 3.03. The van der Waals surface area contributed by atoms with Gasteiger partial charge in [-0.25, -0.2) is 9.07 Å². The summed E-state index contributed by atoms with van der Waals surface area (Å²) in [7, 11) is 1.73. The van der Waals surface area contributed by atoms with Crippen LogP contribution in [0.3, 0.4) is 0 Å². The van der Waals surface area contributed by atoms with Crippen molar-refractivity contribution in [2.75, 3.05) is 13.6 Å². The lowest BCUT2D eigenvalue weighted by Crippen LogP contribution is -2.40. The molecule has 1 unspecified atom stereocenters. The molecule has 130 valence electrons. The third-order valence-corrected chi connectivity index (χ3v) is 4.54. The number of hydrogen-bond acceptors (Lipinski definition) is 3. The average Bonchev–Trinajstić information content (AvgIpc) is 3.16. The van der Waals surface area contributed by atoms with Gasteiger partial charge in [0.05, 0.1) is 0 Å². The maximum atomic E-state index is 14.1. The molecule has 0 aliphatic heterocycles. The molecule has 24 heavy (non-hydrogen) atoms. The van der Waals surface area contributed by atoms with Gasteiger partial charge in [0.1, 0.15) is 11.5 Å². The number of hydrogen-bond donors (Lipinski definition) is 1. The molecule has 1 amide bonds. The van der Waals surface area contributed by atoms with Crippen LogP contribution in [0.5, 0.6) is 0 Å². The zero-order valence-electron chi connectivity index (χ0n) is 13.8. The number of halogens is 2. The fraction of sp³-hybridized carbons (Fsp3) is 0.412. The first-order valence-corrected chi connectivity index (χ1v) is 7.87. The van der Waals surface area contributed by atoms with Gasteiger partial charge < -0.3 is 10.6 Å². The first-order valence-electron chi connectivity index (χ1n) is 7.87. The van der Waals surface area contributed by atoms with Crippen molar-refractivity contribution in [1.82, 2.24) is 14.7 Å². The lowest BCUT2D eigenvalue weighted by atomic mass is 10.1. The lowest BCUT2D eigenvalue weighted by Gasteiger charge is -2.23. The summed E-state index contributed by atoms with van der Waals surface area (Å²) in [6.07, 6.45) is 2.56. The van der Waals surface area contributed by atoms with Gasteiger partial charge in [0.2, 0.25) is 0 Å². The highest BCUT2D eigenvalue weighted by molar-refractivity contribution is 5.94. The maximum absolute atomic E-state index is 14.1. The molecular formula is C17H22ClFN4O. The zero-order chi connectivity index (χ0) is 16.6. The van der Waals surface area contributed by atoms with E-state index < -0.39 is 0 Å². The number of carbonyl (C=O) groups excluding carboxylic acids is 1. The Labute approximate surface area is 147 Å². The minimum absolute atomic E-state index is 0. The Balaban J connectivity index is 0.00000208. The molecule has 1 atom stereocenters. The Morgan fingerprint density at radius 3 is 2.79 bits per heavy atom. The summed E-state index contributed by atoms with van der Waals surface area (Å²) >= 11 is 0. The molecule has 2 aromatic rings. The molecule has 7 heteroatoms. The minimum atomic E-state index is -0.340. The second-order valence-electron chi connectivity index (χ2n) is 5.99. The highest BCUT2D eigenvalue weighted by atomic mass is 35.5. The van der Waals surface area contributed by atoms with Crippen LogP contribution in [0.25, 0.3) is 5.69 Å². The standard InChI is InChI=1S/C17H21FN4O.ClH/c1-11(10-19)21(2)17(23)16-12-6-5-9-14(12)22(20-16)15-8-4-3-7-13(15)18;/h3-4,7-8,11H,5-6,9-10,19H2,1-2H3;1H. The van der Waals surface area contributed by atoms with Crippen molar-refractivity contribution in [3.63, 3.8) is 0 Å². The van der Waals surface area contributed by atoms with Crippen LogP contribution >= 0.6 is 12.4 Å². The smallest absolute Gasteiger partial charge is 0.274 e. The van der Waals surface area contributed by atoms with Gasteiger partial charge in [-0.3, -0.25) is 4.79 Å². The van der Waals surface area contributed by atoms with Gasteiger partial charge in [0.15, 0.2) is 5.69 Å². The van der Waals surface area contributed by atoms with Crippen molar-refractivity contribution in [3.8, 4) is 5.69 Å². The molecule has 1 heterocycles. The molecular weight excluding hydrogens is 331 g/mol. The van der Waals surface area contributed by atoms with Crippen LogP contribution in [0, 0.1) is 5.82 Å². The lowest BCUT2D eigenvalue weighted by molar-refractivity contribution is 0.0741. The minimum Gasteiger partial charge on any atom is -0.336 e. The molecule has 5 nitrogen and oxygen atoms in total. The molecule has 0 radical (unpaired) electrons. The van der Waals surface area contributed by atoms with Gasteiger partial charge in [0.25, 0.3) is 5.91 Å². The number of nitrogens with zero attached hydrogens (tertiary/aromatic N) is 3. The second-order valence-corrected chi connectivity index (χ2v) is 5.99. The highest BCUT2D eigenvalue weighted by Gasteiger charge is 2.30. The topological polar surface area (TPSA) is 64.2 Å². The van der Waals surface area contributed by atoms with Crippen LogP contribution in [-0.2, 0) is 12.8 Å². The van der Waals surface area contributed by atoms with Crippen LogP contribution in [0.2, 0.25) is 0 Å². The van der Waals surface area contributed by atoms with Gasteiger partial charge in [-0.05, 0) is 38.3 Å². The monoisotopic (exact) mass is 352 g/mol. The van der Waals surface area contributed by atoms with E-state index in [9.17, 15) is 9.18 Å². The molecule has 0 fully saturated rings. The molecule has 0 bridgehead atoms. The van der Waals surface area contributed by atoms with Gasteiger partial charge in [-0.1, -0.05) is 12.1 Å². The normalized spacial score (nSPS) is 14.0. The largest absolute Gasteiger partial charge is 0.336 e. The van der Waals surface area contributed by atoms with Gasteiger partial charge >= 0.3 is 0 Å². The molecule has 1 aliphatic carbocycles. The number of carbonyl (C=O) groups is 1. The third-order valence-electron chi connectivity index (χ3n) is 4.54. The number of fused-ring (bicyclic) bond motifs is 1. The van der Waals surface area contributed by atoms with E-state index in [1.54, 1.807) is 34.8 Å². The summed E-state index contributed by atoms with van der Waals surface area (Å²) in [6, 6.07) is 6.43. The number of aromatic nitrogens is 2. The molecule has 0 spiro atoms. The van der Waals surface area contributed by atoms with Crippen LogP contribution in [-0.4, -0.2) is 40.2 Å². The Hall–Kier alpha value is -1.92. The Morgan fingerprint density at radius 2 is 2.12 bits per heavy atom. The van der Waals surface area contributed by atoms with E-state index >= 15 is 0 Å². The Kier molecular flexibility index (Phi) is 5.62. The fourth-order valence-corrected chi connectivity index (χ4v) is 2.96. The van der Waals surface area contributed by atoms with Crippen molar-refractivity contribution in [3.05, 3.63) is 47.0 Å². The molecule has 0 saturated carbocycles. The molecule has 1 aromatic heterocycles. The Bertz CT molecular complexity index is 746. The van der Waals surface area contributed by atoms with E-state index in [1.165, 1.54) is 6.07 Å². The number of benzene rings is 1. The molecule has 2 N–H and O–H groups in total. The highest BCUT2D eigenvalue weighted by Crippen LogP contribution is 2.29. The zero-order valence-corrected chi connectivity index (χ0v) is 14.6.